The number of hydrogen-bond donors (Lipinski definition) is 2. The Morgan fingerprint density at radius 3 is 2.63 bits per heavy atom. The molecule has 5 rings (SSSR count). The quantitative estimate of drug-likeness (QED) is 0.669. The van der Waals surface area contributed by atoms with E-state index in [1.807, 2.05) is 29.2 Å². The zero-order chi connectivity index (χ0) is 20.5. The molecular weight excluding hydrogens is 403 g/mol. The normalized spacial score (nSPS) is 22.5. The van der Waals surface area contributed by atoms with Gasteiger partial charge in [0.05, 0.1) is 10.2 Å². The highest BCUT2D eigenvalue weighted by molar-refractivity contribution is 7.20. The number of para-hydroxylation sites is 1. The maximum absolute atomic E-state index is 13.1. The Balaban J connectivity index is 1.13. The molecule has 2 fully saturated rings. The number of nitrogens with zero attached hydrogens (tertiary/aromatic N) is 2. The van der Waals surface area contributed by atoms with Crippen LogP contribution in [0.4, 0.5) is 4.39 Å². The molecule has 0 spiro atoms. The van der Waals surface area contributed by atoms with E-state index in [0.29, 0.717) is 24.7 Å². The Hall–Kier alpha value is -2.55. The summed E-state index contributed by atoms with van der Waals surface area (Å²) in [4.78, 5) is 19.4. The lowest BCUT2D eigenvalue weighted by atomic mass is 10.0. The number of rotatable bonds is 4. The first-order chi connectivity index (χ1) is 14.7. The van der Waals surface area contributed by atoms with Crippen molar-refractivity contribution in [1.29, 1.82) is 0 Å². The lowest BCUT2D eigenvalue weighted by Crippen LogP contribution is -2.49. The predicted molar refractivity (Wildman–Crippen MR) is 114 cm³/mol. The fraction of sp³-hybridized carbons (Fsp3) is 0.364. The maximum Gasteiger partial charge on any atom is 0.274 e. The predicted octanol–water partition coefficient (Wildman–Crippen LogP) is 3.41. The number of carbonyl (C=O) groups excluding carboxylic acids is 1. The van der Waals surface area contributed by atoms with Crippen LogP contribution < -0.4 is 15.6 Å². The van der Waals surface area contributed by atoms with Gasteiger partial charge in [-0.3, -0.25) is 4.79 Å². The highest BCUT2D eigenvalue weighted by atomic mass is 32.1. The largest absolute Gasteiger partial charge is 0.467 e. The smallest absolute Gasteiger partial charge is 0.274 e. The fourth-order valence-electron chi connectivity index (χ4n) is 4.09. The van der Waals surface area contributed by atoms with Crippen molar-refractivity contribution in [2.75, 3.05) is 13.1 Å². The standard InChI is InChI=1S/C22H23FN4O2S/c23-15-7-5-14(6-8-15)18-13-19(26-25-18)21(28)27-11-9-16(10-12-27)29-22-24-17-3-1-2-4-20(17)30-22/h1-8,16,18-19,25-26H,9-13H2. The lowest BCUT2D eigenvalue weighted by Gasteiger charge is -2.33. The van der Waals surface area contributed by atoms with Crippen LogP contribution in [0.3, 0.4) is 0 Å². The SMILES string of the molecule is O=C(C1CC(c2ccc(F)cc2)NN1)N1CCC(Oc2nc3ccccc3s2)CC1. The molecule has 2 saturated heterocycles. The second-order valence-corrected chi connectivity index (χ2v) is 8.76. The Morgan fingerprint density at radius 1 is 1.10 bits per heavy atom. The molecule has 6 nitrogen and oxygen atoms in total. The Bertz CT molecular complexity index is 1000. The van der Waals surface area contributed by atoms with E-state index >= 15 is 0 Å². The summed E-state index contributed by atoms with van der Waals surface area (Å²) in [5.41, 5.74) is 8.21. The van der Waals surface area contributed by atoms with Gasteiger partial charge in [0.25, 0.3) is 5.19 Å². The number of likely N-dealkylation sites (tertiary alicyclic amines) is 1. The maximum atomic E-state index is 13.1. The molecule has 0 aliphatic carbocycles. The number of amides is 1. The second-order valence-electron chi connectivity index (χ2n) is 7.77. The van der Waals surface area contributed by atoms with Crippen LogP contribution in [-0.4, -0.2) is 41.0 Å². The average Bonchev–Trinajstić information content (AvgIpc) is 3.41. The number of ether oxygens (including phenoxy) is 1. The van der Waals surface area contributed by atoms with E-state index in [-0.39, 0.29) is 29.9 Å². The third-order valence-electron chi connectivity index (χ3n) is 5.77. The first kappa shape index (κ1) is 19.4. The van der Waals surface area contributed by atoms with E-state index in [2.05, 4.69) is 15.8 Å². The molecule has 0 saturated carbocycles. The van der Waals surface area contributed by atoms with Gasteiger partial charge in [-0.15, -0.1) is 0 Å². The molecule has 1 aromatic heterocycles. The van der Waals surface area contributed by atoms with Crippen molar-refractivity contribution in [2.45, 2.75) is 37.5 Å². The van der Waals surface area contributed by atoms with Gasteiger partial charge in [-0.25, -0.2) is 20.2 Å². The van der Waals surface area contributed by atoms with Gasteiger partial charge >= 0.3 is 0 Å². The third kappa shape index (κ3) is 4.03. The number of carbonyl (C=O) groups is 1. The van der Waals surface area contributed by atoms with E-state index < -0.39 is 0 Å². The number of aromatic nitrogens is 1. The van der Waals surface area contributed by atoms with E-state index in [1.54, 1.807) is 23.5 Å². The molecule has 2 unspecified atom stereocenters. The minimum absolute atomic E-state index is 0.000502. The molecule has 2 aliphatic heterocycles. The van der Waals surface area contributed by atoms with Crippen LogP contribution in [0.1, 0.15) is 30.9 Å². The molecule has 2 aromatic carbocycles. The number of nitrogens with one attached hydrogen (secondary N) is 2. The molecule has 0 radical (unpaired) electrons. The average molecular weight is 427 g/mol. The minimum atomic E-state index is -0.276. The summed E-state index contributed by atoms with van der Waals surface area (Å²) in [5.74, 6) is -0.154. The first-order valence-electron chi connectivity index (χ1n) is 10.2. The minimum Gasteiger partial charge on any atom is -0.467 e. The first-order valence-corrected chi connectivity index (χ1v) is 11.0. The lowest BCUT2D eigenvalue weighted by molar-refractivity contribution is -0.135. The van der Waals surface area contributed by atoms with Gasteiger partial charge in [0, 0.05) is 32.0 Å². The summed E-state index contributed by atoms with van der Waals surface area (Å²) in [6, 6.07) is 14.1. The van der Waals surface area contributed by atoms with Crippen molar-refractivity contribution < 1.29 is 13.9 Å². The number of hydrazine groups is 1. The number of thiazole rings is 1. The third-order valence-corrected chi connectivity index (χ3v) is 6.70. The molecule has 156 valence electrons. The molecule has 3 heterocycles. The molecule has 2 N–H and O–H groups in total. The van der Waals surface area contributed by atoms with E-state index in [0.717, 1.165) is 28.6 Å². The van der Waals surface area contributed by atoms with Gasteiger partial charge in [-0.1, -0.05) is 35.6 Å². The molecule has 30 heavy (non-hydrogen) atoms. The summed E-state index contributed by atoms with van der Waals surface area (Å²) >= 11 is 1.56. The zero-order valence-electron chi connectivity index (χ0n) is 16.4. The Kier molecular flexibility index (Phi) is 5.37. The highest BCUT2D eigenvalue weighted by Gasteiger charge is 2.34. The van der Waals surface area contributed by atoms with Gasteiger partial charge in [-0.05, 0) is 36.2 Å². The summed E-state index contributed by atoms with van der Waals surface area (Å²) < 4.78 is 20.3. The molecule has 2 aliphatic rings. The molecular formula is C22H23FN4O2S. The van der Waals surface area contributed by atoms with Crippen molar-refractivity contribution in [3.05, 3.63) is 59.9 Å². The van der Waals surface area contributed by atoms with Crippen molar-refractivity contribution >= 4 is 27.5 Å². The number of hydrogen-bond acceptors (Lipinski definition) is 6. The number of piperidine rings is 1. The van der Waals surface area contributed by atoms with E-state index in [1.165, 1.54) is 12.1 Å². The van der Waals surface area contributed by atoms with Gasteiger partial charge in [-0.2, -0.15) is 0 Å². The van der Waals surface area contributed by atoms with Crippen LogP contribution in [0.2, 0.25) is 0 Å². The molecule has 1 amide bonds. The van der Waals surface area contributed by atoms with Crippen molar-refractivity contribution in [1.82, 2.24) is 20.7 Å². The number of fused-ring (bicyclic) bond motifs is 1. The van der Waals surface area contributed by atoms with Crippen LogP contribution in [0.25, 0.3) is 10.2 Å². The summed E-state index contributed by atoms with van der Waals surface area (Å²) in [6.07, 6.45) is 2.31. The van der Waals surface area contributed by atoms with Gasteiger partial charge in [0.15, 0.2) is 0 Å². The van der Waals surface area contributed by atoms with Crippen LogP contribution in [-0.2, 0) is 4.79 Å². The van der Waals surface area contributed by atoms with Crippen LogP contribution in [0.15, 0.2) is 48.5 Å². The number of halogens is 1. The summed E-state index contributed by atoms with van der Waals surface area (Å²) in [7, 11) is 0. The van der Waals surface area contributed by atoms with Gasteiger partial charge in [0.1, 0.15) is 18.0 Å². The topological polar surface area (TPSA) is 66.5 Å². The molecule has 2 atom stereocenters. The Labute approximate surface area is 178 Å². The zero-order valence-corrected chi connectivity index (χ0v) is 17.2. The monoisotopic (exact) mass is 426 g/mol. The second kappa shape index (κ2) is 8.29. The highest BCUT2D eigenvalue weighted by Crippen LogP contribution is 2.30. The van der Waals surface area contributed by atoms with Crippen molar-refractivity contribution in [2.24, 2.45) is 0 Å². The molecule has 3 aromatic rings. The van der Waals surface area contributed by atoms with E-state index in [9.17, 15) is 9.18 Å². The van der Waals surface area contributed by atoms with Crippen LogP contribution >= 0.6 is 11.3 Å². The van der Waals surface area contributed by atoms with Crippen LogP contribution in [0.5, 0.6) is 5.19 Å². The van der Waals surface area contributed by atoms with Crippen LogP contribution in [0, 0.1) is 5.82 Å². The fourth-order valence-corrected chi connectivity index (χ4v) is 4.97. The van der Waals surface area contributed by atoms with E-state index in [4.69, 9.17) is 4.74 Å². The van der Waals surface area contributed by atoms with Gasteiger partial charge in [0.2, 0.25) is 5.91 Å². The summed E-state index contributed by atoms with van der Waals surface area (Å²) in [6.45, 7) is 1.35. The number of benzene rings is 2. The molecule has 8 heteroatoms. The summed E-state index contributed by atoms with van der Waals surface area (Å²) in [5, 5.41) is 0.699. The van der Waals surface area contributed by atoms with Crippen molar-refractivity contribution in [3.63, 3.8) is 0 Å². The molecule has 0 bridgehead atoms. The van der Waals surface area contributed by atoms with Crippen molar-refractivity contribution in [3.8, 4) is 5.19 Å². The Morgan fingerprint density at radius 2 is 1.87 bits per heavy atom. The van der Waals surface area contributed by atoms with Gasteiger partial charge < -0.3 is 9.64 Å².